The molecule has 0 bridgehead atoms. The van der Waals surface area contributed by atoms with Crippen molar-refractivity contribution in [2.75, 3.05) is 7.11 Å². The summed E-state index contributed by atoms with van der Waals surface area (Å²) in [4.78, 5) is 23.6. The third kappa shape index (κ3) is 2.93. The fourth-order valence-electron chi connectivity index (χ4n) is 1.71. The smallest absolute Gasteiger partial charge is 0.348 e. The van der Waals surface area contributed by atoms with Crippen molar-refractivity contribution in [3.8, 4) is 5.75 Å². The van der Waals surface area contributed by atoms with Crippen LogP contribution in [0.3, 0.4) is 0 Å². The van der Waals surface area contributed by atoms with Gasteiger partial charge in [-0.1, -0.05) is 17.7 Å². The highest BCUT2D eigenvalue weighted by atomic mass is 35.5. The summed E-state index contributed by atoms with van der Waals surface area (Å²) in [5, 5.41) is 0.435. The number of carbonyl (C=O) groups excluding carboxylic acids is 2. The highest BCUT2D eigenvalue weighted by Gasteiger charge is 2.38. The Morgan fingerprint density at radius 2 is 1.80 bits per heavy atom. The first-order chi connectivity index (χ1) is 9.32. The Morgan fingerprint density at radius 1 is 1.20 bits per heavy atom. The van der Waals surface area contributed by atoms with E-state index in [1.54, 1.807) is 18.2 Å². The molecule has 2 rings (SSSR count). The van der Waals surface area contributed by atoms with Crippen LogP contribution in [0.2, 0.25) is 5.02 Å². The van der Waals surface area contributed by atoms with Gasteiger partial charge in [-0.3, -0.25) is 0 Å². The third-order valence-corrected chi connectivity index (χ3v) is 2.92. The summed E-state index contributed by atoms with van der Waals surface area (Å²) in [6, 6.07) is 4.87. The molecule has 106 valence electrons. The van der Waals surface area contributed by atoms with Crippen molar-refractivity contribution in [2.45, 2.75) is 19.6 Å². The lowest BCUT2D eigenvalue weighted by molar-refractivity contribution is -0.222. The minimum absolute atomic E-state index is 0.172. The average molecular weight is 297 g/mol. The lowest BCUT2D eigenvalue weighted by Gasteiger charge is -2.29. The average Bonchev–Trinajstić information content (AvgIpc) is 2.34. The van der Waals surface area contributed by atoms with Gasteiger partial charge in [-0.05, 0) is 23.8 Å². The van der Waals surface area contributed by atoms with Crippen molar-refractivity contribution in [1.29, 1.82) is 0 Å². The maximum atomic E-state index is 11.8. The van der Waals surface area contributed by atoms with Gasteiger partial charge in [0.15, 0.2) is 0 Å². The molecule has 0 amide bonds. The van der Waals surface area contributed by atoms with Gasteiger partial charge in [-0.25, -0.2) is 9.59 Å². The SMILES string of the molecule is COc1cc(C=C2C(=O)OC(C)(C)OC2=O)ccc1Cl. The highest BCUT2D eigenvalue weighted by Crippen LogP contribution is 2.28. The largest absolute Gasteiger partial charge is 0.495 e. The summed E-state index contributed by atoms with van der Waals surface area (Å²) in [6.07, 6.45) is 1.37. The molecule has 0 N–H and O–H groups in total. The fourth-order valence-corrected chi connectivity index (χ4v) is 1.91. The van der Waals surface area contributed by atoms with Crippen molar-refractivity contribution in [3.63, 3.8) is 0 Å². The Morgan fingerprint density at radius 3 is 2.35 bits per heavy atom. The lowest BCUT2D eigenvalue weighted by Crippen LogP contribution is -2.41. The summed E-state index contributed by atoms with van der Waals surface area (Å²) in [5.74, 6) is -2.25. The number of hydrogen-bond acceptors (Lipinski definition) is 5. The lowest BCUT2D eigenvalue weighted by atomic mass is 10.1. The van der Waals surface area contributed by atoms with Gasteiger partial charge in [0.1, 0.15) is 11.3 Å². The van der Waals surface area contributed by atoms with Gasteiger partial charge in [0, 0.05) is 13.8 Å². The van der Waals surface area contributed by atoms with Gasteiger partial charge in [-0.2, -0.15) is 0 Å². The molecule has 0 unspecified atom stereocenters. The molecule has 0 aromatic heterocycles. The molecular formula is C14H13ClO5. The second kappa shape index (κ2) is 5.17. The molecule has 20 heavy (non-hydrogen) atoms. The molecular weight excluding hydrogens is 284 g/mol. The van der Waals surface area contributed by atoms with E-state index in [4.69, 9.17) is 25.8 Å². The van der Waals surface area contributed by atoms with Crippen molar-refractivity contribution >= 4 is 29.6 Å². The van der Waals surface area contributed by atoms with Crippen LogP contribution in [0.1, 0.15) is 19.4 Å². The highest BCUT2D eigenvalue weighted by molar-refractivity contribution is 6.32. The number of benzene rings is 1. The zero-order valence-corrected chi connectivity index (χ0v) is 12.0. The zero-order chi connectivity index (χ0) is 14.9. The first-order valence-corrected chi connectivity index (χ1v) is 6.22. The second-order valence-electron chi connectivity index (χ2n) is 4.63. The predicted molar refractivity (Wildman–Crippen MR) is 72.2 cm³/mol. The molecule has 1 heterocycles. The Bertz CT molecular complexity index is 582. The summed E-state index contributed by atoms with van der Waals surface area (Å²) >= 11 is 5.90. The molecule has 0 atom stereocenters. The normalized spacial score (nSPS) is 17.3. The molecule has 5 nitrogen and oxygen atoms in total. The topological polar surface area (TPSA) is 61.8 Å². The molecule has 0 radical (unpaired) electrons. The van der Waals surface area contributed by atoms with E-state index < -0.39 is 17.7 Å². The van der Waals surface area contributed by atoms with Gasteiger partial charge in [0.25, 0.3) is 5.79 Å². The molecule has 0 saturated carbocycles. The molecule has 1 saturated heterocycles. The molecule has 1 aromatic carbocycles. The molecule has 6 heteroatoms. The van der Waals surface area contributed by atoms with E-state index in [1.165, 1.54) is 27.0 Å². The number of ether oxygens (including phenoxy) is 3. The van der Waals surface area contributed by atoms with Crippen LogP contribution in [-0.4, -0.2) is 24.8 Å². The first kappa shape index (κ1) is 14.4. The van der Waals surface area contributed by atoms with Crippen molar-refractivity contribution in [3.05, 3.63) is 34.4 Å². The van der Waals surface area contributed by atoms with Crippen LogP contribution >= 0.6 is 11.6 Å². The van der Waals surface area contributed by atoms with E-state index in [0.717, 1.165) is 0 Å². The number of carbonyl (C=O) groups is 2. The van der Waals surface area contributed by atoms with E-state index in [1.807, 2.05) is 0 Å². The van der Waals surface area contributed by atoms with Crippen LogP contribution in [0, 0.1) is 0 Å². The Hall–Kier alpha value is -2.01. The maximum Gasteiger partial charge on any atom is 0.348 e. The first-order valence-electron chi connectivity index (χ1n) is 5.84. The van der Waals surface area contributed by atoms with Crippen molar-refractivity contribution in [1.82, 2.24) is 0 Å². The van der Waals surface area contributed by atoms with Gasteiger partial charge in [0.2, 0.25) is 0 Å². The Balaban J connectivity index is 2.35. The summed E-state index contributed by atoms with van der Waals surface area (Å²) < 4.78 is 15.1. The van der Waals surface area contributed by atoms with Crippen molar-refractivity contribution < 1.29 is 23.8 Å². The monoisotopic (exact) mass is 296 g/mol. The van der Waals surface area contributed by atoms with Gasteiger partial charge in [0.05, 0.1) is 12.1 Å². The Kier molecular flexibility index (Phi) is 3.72. The van der Waals surface area contributed by atoms with E-state index >= 15 is 0 Å². The number of halogens is 1. The van der Waals surface area contributed by atoms with Gasteiger partial charge >= 0.3 is 11.9 Å². The summed E-state index contributed by atoms with van der Waals surface area (Å²) in [6.45, 7) is 2.98. The van der Waals surface area contributed by atoms with E-state index in [0.29, 0.717) is 16.3 Å². The molecule has 0 spiro atoms. The van der Waals surface area contributed by atoms with Crippen LogP contribution in [0.15, 0.2) is 23.8 Å². The third-order valence-electron chi connectivity index (χ3n) is 2.60. The number of rotatable bonds is 2. The standard InChI is InChI=1S/C14H13ClO5/c1-14(2)19-12(16)9(13(17)20-14)6-8-4-5-10(15)11(7-8)18-3/h4-7H,1-3H3. The Labute approximate surface area is 121 Å². The summed E-state index contributed by atoms with van der Waals surface area (Å²) in [7, 11) is 1.48. The minimum atomic E-state index is -1.25. The van der Waals surface area contributed by atoms with E-state index in [2.05, 4.69) is 0 Å². The number of cyclic esters (lactones) is 2. The second-order valence-corrected chi connectivity index (χ2v) is 5.04. The fraction of sp³-hybridized carbons (Fsp3) is 0.286. The van der Waals surface area contributed by atoms with Crippen LogP contribution < -0.4 is 4.74 Å². The van der Waals surface area contributed by atoms with Crippen LogP contribution in [0.4, 0.5) is 0 Å². The predicted octanol–water partition coefficient (Wildman–Crippen LogP) is 2.57. The van der Waals surface area contributed by atoms with Gasteiger partial charge < -0.3 is 14.2 Å². The van der Waals surface area contributed by atoms with E-state index in [-0.39, 0.29) is 5.57 Å². The summed E-state index contributed by atoms with van der Waals surface area (Å²) in [5.41, 5.74) is 0.406. The van der Waals surface area contributed by atoms with E-state index in [9.17, 15) is 9.59 Å². The molecule has 1 aromatic rings. The minimum Gasteiger partial charge on any atom is -0.495 e. The molecule has 1 aliphatic rings. The zero-order valence-electron chi connectivity index (χ0n) is 11.2. The molecule has 0 aliphatic carbocycles. The van der Waals surface area contributed by atoms with Crippen LogP contribution in [0.5, 0.6) is 5.75 Å². The van der Waals surface area contributed by atoms with Gasteiger partial charge in [-0.15, -0.1) is 0 Å². The number of hydrogen-bond donors (Lipinski definition) is 0. The quantitative estimate of drug-likeness (QED) is 0.477. The number of methoxy groups -OCH3 is 1. The van der Waals surface area contributed by atoms with Crippen LogP contribution in [0.25, 0.3) is 6.08 Å². The van der Waals surface area contributed by atoms with Crippen molar-refractivity contribution in [2.24, 2.45) is 0 Å². The van der Waals surface area contributed by atoms with Crippen LogP contribution in [-0.2, 0) is 19.1 Å². The molecule has 1 aliphatic heterocycles. The maximum absolute atomic E-state index is 11.8. The number of esters is 2. The molecule has 1 fully saturated rings.